The average molecular weight is 442 g/mol. The summed E-state index contributed by atoms with van der Waals surface area (Å²) in [5, 5.41) is 15.8. The van der Waals surface area contributed by atoms with E-state index >= 15 is 0 Å². The van der Waals surface area contributed by atoms with Crippen molar-refractivity contribution in [2.75, 3.05) is 11.1 Å². The van der Waals surface area contributed by atoms with E-state index in [0.717, 1.165) is 5.56 Å². The molecule has 0 aliphatic rings. The highest BCUT2D eigenvalue weighted by Crippen LogP contribution is 2.26. The molecule has 9 nitrogen and oxygen atoms in total. The van der Waals surface area contributed by atoms with E-state index in [0.29, 0.717) is 16.6 Å². The molecule has 0 unspecified atom stereocenters. The number of amides is 1. The Morgan fingerprint density at radius 2 is 2.12 bits per heavy atom. The Kier molecular flexibility index (Phi) is 6.04. The van der Waals surface area contributed by atoms with Crippen LogP contribution in [0.4, 0.5) is 16.0 Å². The molecule has 0 fully saturated rings. The molecule has 4 rings (SSSR count). The summed E-state index contributed by atoms with van der Waals surface area (Å²) in [7, 11) is 0. The van der Waals surface area contributed by atoms with Gasteiger partial charge in [0.1, 0.15) is 35.4 Å². The van der Waals surface area contributed by atoms with Gasteiger partial charge in [-0.2, -0.15) is 5.26 Å². The predicted octanol–water partition coefficient (Wildman–Crippen LogP) is 3.12. The first kappa shape index (κ1) is 21.6. The number of fused-ring (bicyclic) bond motifs is 1. The Balaban J connectivity index is 1.71. The number of hydrogen-bond acceptors (Lipinski definition) is 8. The van der Waals surface area contributed by atoms with Gasteiger partial charge in [0.25, 0.3) is 5.91 Å². The van der Waals surface area contributed by atoms with Crippen LogP contribution in [0.1, 0.15) is 40.1 Å². The van der Waals surface area contributed by atoms with Crippen molar-refractivity contribution in [2.45, 2.75) is 19.5 Å². The lowest BCUT2D eigenvalue weighted by atomic mass is 10.0. The number of nitrogens with zero attached hydrogens (tertiary/aromatic N) is 5. The molecule has 1 amide bonds. The lowest BCUT2D eigenvalue weighted by molar-refractivity contribution is 0.0949. The van der Waals surface area contributed by atoms with Gasteiger partial charge in [0.15, 0.2) is 0 Å². The lowest BCUT2D eigenvalue weighted by Gasteiger charge is -2.19. The van der Waals surface area contributed by atoms with Crippen LogP contribution in [0.2, 0.25) is 0 Å². The maximum atomic E-state index is 13.8. The molecule has 3 aromatic heterocycles. The largest absolute Gasteiger partial charge is 0.382 e. The summed E-state index contributed by atoms with van der Waals surface area (Å²) in [5.74, 6) is -0.553. The summed E-state index contributed by atoms with van der Waals surface area (Å²) in [6, 6.07) is 10.8. The van der Waals surface area contributed by atoms with Crippen LogP contribution in [-0.2, 0) is 6.54 Å². The number of carbonyl (C=O) groups is 1. The Bertz CT molecular complexity index is 1370. The maximum Gasteiger partial charge on any atom is 0.253 e. The van der Waals surface area contributed by atoms with Gasteiger partial charge in [0, 0.05) is 24.3 Å². The number of benzene rings is 1. The molecule has 0 radical (unpaired) electrons. The number of rotatable bonds is 6. The van der Waals surface area contributed by atoms with Gasteiger partial charge < -0.3 is 16.4 Å². The number of hydrogen-bond donors (Lipinski definition) is 3. The topological polar surface area (TPSA) is 142 Å². The number of carbonyl (C=O) groups excluding carboxylic acids is 1. The molecule has 0 aliphatic carbocycles. The van der Waals surface area contributed by atoms with Crippen LogP contribution in [0, 0.1) is 17.1 Å². The second-order valence-corrected chi connectivity index (χ2v) is 7.26. The van der Waals surface area contributed by atoms with Crippen molar-refractivity contribution in [3.8, 4) is 6.07 Å². The first-order chi connectivity index (χ1) is 16.0. The number of pyridine rings is 2. The van der Waals surface area contributed by atoms with Crippen LogP contribution in [-0.4, -0.2) is 25.8 Å². The van der Waals surface area contributed by atoms with Crippen molar-refractivity contribution in [1.82, 2.24) is 25.3 Å². The van der Waals surface area contributed by atoms with Crippen LogP contribution in [0.15, 0.2) is 55.1 Å². The van der Waals surface area contributed by atoms with Gasteiger partial charge >= 0.3 is 0 Å². The molecule has 4 aromatic rings. The highest BCUT2D eigenvalue weighted by Gasteiger charge is 2.21. The summed E-state index contributed by atoms with van der Waals surface area (Å²) in [6.45, 7) is 2.03. The first-order valence-electron chi connectivity index (χ1n) is 10.0. The number of aromatic nitrogens is 4. The third-order valence-electron chi connectivity index (χ3n) is 4.98. The summed E-state index contributed by atoms with van der Waals surface area (Å²) in [4.78, 5) is 29.7. The zero-order valence-corrected chi connectivity index (χ0v) is 17.6. The monoisotopic (exact) mass is 442 g/mol. The standard InChI is InChI=1S/C23H19FN8O/c1-13(31-22-18(9-25)21(26)29-12-30-22)20-17(8-15-7-16(24)4-5-19(15)32-20)23(33)28-11-14-3-2-6-27-10-14/h2-8,10,12-13H,11H2,1H3,(H,28,33)(H3,26,29,30,31)/t13-/m0/s1. The van der Waals surface area contributed by atoms with E-state index in [1.54, 1.807) is 37.5 Å². The van der Waals surface area contributed by atoms with Gasteiger partial charge in [-0.15, -0.1) is 0 Å². The number of nitrogens with two attached hydrogens (primary N) is 1. The Morgan fingerprint density at radius 3 is 2.88 bits per heavy atom. The molecule has 0 spiro atoms. The Morgan fingerprint density at radius 1 is 1.27 bits per heavy atom. The second-order valence-electron chi connectivity index (χ2n) is 7.26. The van der Waals surface area contributed by atoms with Crippen LogP contribution in [0.5, 0.6) is 0 Å². The highest BCUT2D eigenvalue weighted by molar-refractivity contribution is 5.99. The molecular weight excluding hydrogens is 423 g/mol. The summed E-state index contributed by atoms with van der Waals surface area (Å²) in [5.41, 5.74) is 7.88. The SMILES string of the molecule is C[C@H](Nc1ncnc(N)c1C#N)c1nc2ccc(F)cc2cc1C(=O)NCc1cccnc1. The quantitative estimate of drug-likeness (QED) is 0.413. The van der Waals surface area contributed by atoms with Gasteiger partial charge in [-0.05, 0) is 42.8 Å². The minimum atomic E-state index is -0.542. The van der Waals surface area contributed by atoms with Crippen molar-refractivity contribution in [3.63, 3.8) is 0 Å². The van der Waals surface area contributed by atoms with E-state index < -0.39 is 11.9 Å². The number of nitrogens with one attached hydrogen (secondary N) is 2. The second kappa shape index (κ2) is 9.23. The smallest absolute Gasteiger partial charge is 0.253 e. The molecule has 10 heteroatoms. The van der Waals surface area contributed by atoms with Crippen LogP contribution >= 0.6 is 0 Å². The summed E-state index contributed by atoms with van der Waals surface area (Å²) in [6.07, 6.45) is 4.54. The number of halogens is 1. The summed E-state index contributed by atoms with van der Waals surface area (Å²) >= 11 is 0. The van der Waals surface area contributed by atoms with Crippen LogP contribution < -0.4 is 16.4 Å². The van der Waals surface area contributed by atoms with Crippen LogP contribution in [0.3, 0.4) is 0 Å². The first-order valence-corrected chi connectivity index (χ1v) is 10.0. The molecule has 4 N–H and O–H groups in total. The van der Waals surface area contributed by atoms with Crippen molar-refractivity contribution >= 4 is 28.4 Å². The van der Waals surface area contributed by atoms with E-state index in [1.807, 2.05) is 12.1 Å². The minimum absolute atomic E-state index is 0.0404. The summed E-state index contributed by atoms with van der Waals surface area (Å²) < 4.78 is 13.8. The molecule has 0 saturated carbocycles. The van der Waals surface area contributed by atoms with Gasteiger partial charge in [0.05, 0.1) is 22.8 Å². The fourth-order valence-electron chi connectivity index (χ4n) is 3.35. The van der Waals surface area contributed by atoms with Gasteiger partial charge in [0.2, 0.25) is 0 Å². The van der Waals surface area contributed by atoms with Gasteiger partial charge in [-0.1, -0.05) is 6.07 Å². The molecule has 33 heavy (non-hydrogen) atoms. The Hall–Kier alpha value is -4.65. The third kappa shape index (κ3) is 4.67. The van der Waals surface area contributed by atoms with Crippen molar-refractivity contribution in [3.05, 3.63) is 83.3 Å². The van der Waals surface area contributed by atoms with E-state index in [4.69, 9.17) is 5.73 Å². The molecule has 1 atom stereocenters. The van der Waals surface area contributed by atoms with Gasteiger partial charge in [-0.25, -0.2) is 19.3 Å². The molecule has 0 aliphatic heterocycles. The normalized spacial score (nSPS) is 11.5. The van der Waals surface area contributed by atoms with E-state index in [-0.39, 0.29) is 35.2 Å². The lowest BCUT2D eigenvalue weighted by Crippen LogP contribution is -2.26. The zero-order chi connectivity index (χ0) is 23.4. The molecule has 0 saturated heterocycles. The molecule has 3 heterocycles. The number of nitrogen functional groups attached to an aromatic ring is 1. The average Bonchev–Trinajstić information content (AvgIpc) is 2.82. The number of nitriles is 1. The molecular formula is C23H19FN8O. The van der Waals surface area contributed by atoms with E-state index in [2.05, 4.69) is 30.6 Å². The van der Waals surface area contributed by atoms with Crippen molar-refractivity contribution in [2.24, 2.45) is 0 Å². The third-order valence-corrected chi connectivity index (χ3v) is 4.98. The highest BCUT2D eigenvalue weighted by atomic mass is 19.1. The predicted molar refractivity (Wildman–Crippen MR) is 120 cm³/mol. The van der Waals surface area contributed by atoms with Crippen LogP contribution in [0.25, 0.3) is 10.9 Å². The van der Waals surface area contributed by atoms with Crippen molar-refractivity contribution in [1.29, 1.82) is 5.26 Å². The molecule has 0 bridgehead atoms. The minimum Gasteiger partial charge on any atom is -0.382 e. The molecule has 1 aromatic carbocycles. The zero-order valence-electron chi connectivity index (χ0n) is 17.6. The fourth-order valence-corrected chi connectivity index (χ4v) is 3.35. The van der Waals surface area contributed by atoms with E-state index in [1.165, 1.54) is 18.5 Å². The van der Waals surface area contributed by atoms with E-state index in [9.17, 15) is 14.4 Å². The Labute approximate surface area is 188 Å². The number of anilines is 2. The maximum absolute atomic E-state index is 13.8. The molecule has 164 valence electrons. The van der Waals surface area contributed by atoms with Crippen molar-refractivity contribution < 1.29 is 9.18 Å². The fraction of sp³-hybridized carbons (Fsp3) is 0.130. The van der Waals surface area contributed by atoms with Gasteiger partial charge in [-0.3, -0.25) is 9.78 Å².